The van der Waals surface area contributed by atoms with Crippen molar-refractivity contribution in [2.45, 2.75) is 13.3 Å². The number of aryl methyl sites for hydroxylation is 1. The number of nitrogens with one attached hydrogen (secondary N) is 1. The van der Waals surface area contributed by atoms with Crippen LogP contribution in [0.15, 0.2) is 33.7 Å². The quantitative estimate of drug-likeness (QED) is 0.881. The van der Waals surface area contributed by atoms with Gasteiger partial charge < -0.3 is 5.32 Å². The van der Waals surface area contributed by atoms with Crippen LogP contribution in [0.2, 0.25) is 0 Å². The van der Waals surface area contributed by atoms with Crippen LogP contribution in [0.3, 0.4) is 0 Å². The largest absolute Gasteiger partial charge is 0.308 e. The standard InChI is InChI=1S/C12H10Br2N4O/c1-7-3-2-4-15-8(7)5-10(19)18-12-11(14)17-9(13)6-16-12/h2-4,6H,5H2,1H3,(H,16,18,19). The van der Waals surface area contributed by atoms with Gasteiger partial charge in [0, 0.05) is 6.20 Å². The third-order valence-corrected chi connectivity index (χ3v) is 3.34. The molecule has 0 radical (unpaired) electrons. The van der Waals surface area contributed by atoms with Gasteiger partial charge in [-0.1, -0.05) is 6.07 Å². The number of anilines is 1. The van der Waals surface area contributed by atoms with E-state index in [0.29, 0.717) is 15.0 Å². The molecule has 2 heterocycles. The summed E-state index contributed by atoms with van der Waals surface area (Å²) in [5.41, 5.74) is 1.74. The first-order chi connectivity index (χ1) is 9.06. The molecule has 2 rings (SSSR count). The van der Waals surface area contributed by atoms with E-state index in [1.54, 1.807) is 6.20 Å². The lowest BCUT2D eigenvalue weighted by molar-refractivity contribution is -0.115. The van der Waals surface area contributed by atoms with Crippen molar-refractivity contribution in [3.63, 3.8) is 0 Å². The summed E-state index contributed by atoms with van der Waals surface area (Å²) in [6.45, 7) is 1.92. The van der Waals surface area contributed by atoms with Gasteiger partial charge >= 0.3 is 0 Å². The smallest absolute Gasteiger partial charge is 0.231 e. The highest BCUT2D eigenvalue weighted by atomic mass is 79.9. The monoisotopic (exact) mass is 384 g/mol. The summed E-state index contributed by atoms with van der Waals surface area (Å²) >= 11 is 6.44. The number of pyridine rings is 1. The lowest BCUT2D eigenvalue weighted by Gasteiger charge is -2.07. The van der Waals surface area contributed by atoms with Gasteiger partial charge in [-0.2, -0.15) is 0 Å². The average molecular weight is 386 g/mol. The molecule has 2 aromatic rings. The average Bonchev–Trinajstić information content (AvgIpc) is 2.36. The Labute approximate surface area is 127 Å². The van der Waals surface area contributed by atoms with Crippen LogP contribution in [-0.2, 0) is 11.2 Å². The number of halogens is 2. The Bertz CT molecular complexity index is 618. The number of amides is 1. The number of nitrogens with zero attached hydrogens (tertiary/aromatic N) is 3. The Kier molecular flexibility index (Phi) is 4.60. The molecule has 0 unspecified atom stereocenters. The number of rotatable bonds is 3. The number of hydrogen-bond donors (Lipinski definition) is 1. The van der Waals surface area contributed by atoms with E-state index in [2.05, 4.69) is 52.1 Å². The maximum absolute atomic E-state index is 11.9. The fourth-order valence-corrected chi connectivity index (χ4v) is 2.37. The van der Waals surface area contributed by atoms with E-state index >= 15 is 0 Å². The molecule has 0 aliphatic rings. The molecule has 0 aliphatic carbocycles. The molecule has 0 aromatic carbocycles. The molecule has 19 heavy (non-hydrogen) atoms. The number of hydrogen-bond acceptors (Lipinski definition) is 4. The molecule has 0 spiro atoms. The zero-order valence-corrected chi connectivity index (χ0v) is 13.2. The van der Waals surface area contributed by atoms with Crippen molar-refractivity contribution in [1.82, 2.24) is 15.0 Å². The molecule has 98 valence electrons. The van der Waals surface area contributed by atoms with Gasteiger partial charge in [0.05, 0.1) is 18.3 Å². The fraction of sp³-hybridized carbons (Fsp3) is 0.167. The second-order valence-corrected chi connectivity index (χ2v) is 5.39. The number of aromatic nitrogens is 3. The van der Waals surface area contributed by atoms with Crippen molar-refractivity contribution in [3.8, 4) is 0 Å². The summed E-state index contributed by atoms with van der Waals surface area (Å²) in [6, 6.07) is 3.76. The first kappa shape index (κ1) is 14.1. The van der Waals surface area contributed by atoms with Gasteiger partial charge in [0.15, 0.2) is 5.82 Å². The predicted molar refractivity (Wildman–Crippen MR) is 78.7 cm³/mol. The minimum absolute atomic E-state index is 0.181. The number of carbonyl (C=O) groups excluding carboxylic acids is 1. The summed E-state index contributed by atoms with van der Waals surface area (Å²) in [4.78, 5) is 24.3. The summed E-state index contributed by atoms with van der Waals surface area (Å²) < 4.78 is 1.07. The van der Waals surface area contributed by atoms with Crippen LogP contribution in [-0.4, -0.2) is 20.9 Å². The molecule has 1 amide bonds. The maximum Gasteiger partial charge on any atom is 0.231 e. The summed E-state index contributed by atoms with van der Waals surface area (Å²) in [7, 11) is 0. The third kappa shape index (κ3) is 3.81. The Balaban J connectivity index is 2.08. The van der Waals surface area contributed by atoms with Gasteiger partial charge in [-0.15, -0.1) is 0 Å². The van der Waals surface area contributed by atoms with E-state index in [-0.39, 0.29) is 12.3 Å². The summed E-state index contributed by atoms with van der Waals surface area (Å²) in [5, 5.41) is 2.69. The van der Waals surface area contributed by atoms with Crippen LogP contribution < -0.4 is 5.32 Å². The van der Waals surface area contributed by atoms with Crippen LogP contribution in [0.5, 0.6) is 0 Å². The Morgan fingerprint density at radius 3 is 2.84 bits per heavy atom. The van der Waals surface area contributed by atoms with Crippen LogP contribution in [0.4, 0.5) is 5.82 Å². The molecule has 5 nitrogen and oxygen atoms in total. The van der Waals surface area contributed by atoms with Gasteiger partial charge in [-0.3, -0.25) is 9.78 Å². The minimum atomic E-state index is -0.181. The molecule has 0 saturated carbocycles. The van der Waals surface area contributed by atoms with Gasteiger partial charge in [0.1, 0.15) is 9.21 Å². The first-order valence-electron chi connectivity index (χ1n) is 5.44. The fourth-order valence-electron chi connectivity index (χ4n) is 1.46. The molecule has 2 aromatic heterocycles. The van der Waals surface area contributed by atoms with Crippen molar-refractivity contribution in [1.29, 1.82) is 0 Å². The van der Waals surface area contributed by atoms with Crippen molar-refractivity contribution >= 4 is 43.6 Å². The molecule has 0 fully saturated rings. The van der Waals surface area contributed by atoms with E-state index in [0.717, 1.165) is 11.3 Å². The lowest BCUT2D eigenvalue weighted by Crippen LogP contribution is -2.17. The van der Waals surface area contributed by atoms with E-state index in [4.69, 9.17) is 0 Å². The lowest BCUT2D eigenvalue weighted by atomic mass is 10.1. The van der Waals surface area contributed by atoms with Crippen molar-refractivity contribution < 1.29 is 4.79 Å². The molecular weight excluding hydrogens is 376 g/mol. The predicted octanol–water partition coefficient (Wildman–Crippen LogP) is 2.89. The minimum Gasteiger partial charge on any atom is -0.308 e. The van der Waals surface area contributed by atoms with Crippen LogP contribution in [0.1, 0.15) is 11.3 Å². The summed E-state index contributed by atoms with van der Waals surface area (Å²) in [6.07, 6.45) is 3.40. The highest BCUT2D eigenvalue weighted by Gasteiger charge is 2.11. The Hall–Kier alpha value is -1.34. The van der Waals surface area contributed by atoms with Gasteiger partial charge in [0.2, 0.25) is 5.91 Å². The van der Waals surface area contributed by atoms with E-state index in [9.17, 15) is 4.79 Å². The van der Waals surface area contributed by atoms with Gasteiger partial charge in [-0.05, 0) is 50.4 Å². The molecule has 0 atom stereocenters. The van der Waals surface area contributed by atoms with Crippen molar-refractivity contribution in [2.24, 2.45) is 0 Å². The highest BCUT2D eigenvalue weighted by Crippen LogP contribution is 2.19. The van der Waals surface area contributed by atoms with E-state index < -0.39 is 0 Å². The van der Waals surface area contributed by atoms with E-state index in [1.807, 2.05) is 19.1 Å². The number of carbonyl (C=O) groups is 1. The zero-order valence-electron chi connectivity index (χ0n) is 10.0. The summed E-state index contributed by atoms with van der Waals surface area (Å²) in [5.74, 6) is 0.209. The molecule has 0 bridgehead atoms. The molecule has 1 N–H and O–H groups in total. The third-order valence-electron chi connectivity index (χ3n) is 2.40. The zero-order chi connectivity index (χ0) is 13.8. The molecule has 0 saturated heterocycles. The first-order valence-corrected chi connectivity index (χ1v) is 7.03. The van der Waals surface area contributed by atoms with Gasteiger partial charge in [-0.25, -0.2) is 9.97 Å². The maximum atomic E-state index is 11.9. The van der Waals surface area contributed by atoms with Crippen LogP contribution in [0.25, 0.3) is 0 Å². The second kappa shape index (κ2) is 6.21. The molecule has 0 aliphatic heterocycles. The van der Waals surface area contributed by atoms with Crippen molar-refractivity contribution in [3.05, 3.63) is 45.0 Å². The highest BCUT2D eigenvalue weighted by molar-refractivity contribution is 9.11. The normalized spacial score (nSPS) is 10.3. The Morgan fingerprint density at radius 1 is 1.37 bits per heavy atom. The van der Waals surface area contributed by atoms with E-state index in [1.165, 1.54) is 6.20 Å². The van der Waals surface area contributed by atoms with Gasteiger partial charge in [0.25, 0.3) is 0 Å². The van der Waals surface area contributed by atoms with Crippen LogP contribution in [0, 0.1) is 6.92 Å². The topological polar surface area (TPSA) is 67.8 Å². The van der Waals surface area contributed by atoms with Crippen molar-refractivity contribution in [2.75, 3.05) is 5.32 Å². The van der Waals surface area contributed by atoms with Crippen LogP contribution >= 0.6 is 31.9 Å². The second-order valence-electron chi connectivity index (χ2n) is 3.82. The molecule has 7 heteroatoms. The SMILES string of the molecule is Cc1cccnc1CC(=O)Nc1ncc(Br)nc1Br. The Morgan fingerprint density at radius 2 is 2.16 bits per heavy atom. The molecular formula is C12H10Br2N4O.